The third-order valence-electron chi connectivity index (χ3n) is 3.33. The van der Waals surface area contributed by atoms with Crippen molar-refractivity contribution in [1.82, 2.24) is 4.72 Å². The van der Waals surface area contributed by atoms with Crippen molar-refractivity contribution in [2.45, 2.75) is 43.4 Å². The van der Waals surface area contributed by atoms with E-state index < -0.39 is 10.0 Å². The predicted octanol–water partition coefficient (Wildman–Crippen LogP) is 0.991. The number of benzene rings is 1. The second kappa shape index (κ2) is 6.00. The molecule has 3 N–H and O–H groups in total. The molecule has 1 aromatic rings. The van der Waals surface area contributed by atoms with Gasteiger partial charge in [0.2, 0.25) is 10.0 Å². The van der Waals surface area contributed by atoms with Crippen molar-refractivity contribution in [3.8, 4) is 0 Å². The van der Waals surface area contributed by atoms with Crippen LogP contribution >= 0.6 is 0 Å². The summed E-state index contributed by atoms with van der Waals surface area (Å²) in [4.78, 5) is 0.259. The molecule has 2 rings (SSSR count). The maximum atomic E-state index is 12.2. The molecule has 6 heteroatoms. The zero-order chi connectivity index (χ0) is 13.9. The van der Waals surface area contributed by atoms with Gasteiger partial charge in [0.15, 0.2) is 0 Å². The standard InChI is InChI=1S/C13H20N2O3S/c1-10(13-3-2-8-18-13)15-19(16,17)12-6-4-11(9-14)5-7-12/h4-7,10,13,15H,2-3,8-9,14H2,1H3. The van der Waals surface area contributed by atoms with E-state index in [1.807, 2.05) is 6.92 Å². The molecule has 0 saturated carbocycles. The lowest BCUT2D eigenvalue weighted by Gasteiger charge is -2.20. The Balaban J connectivity index is 2.08. The molecular formula is C13H20N2O3S. The Morgan fingerprint density at radius 2 is 2.11 bits per heavy atom. The minimum Gasteiger partial charge on any atom is -0.377 e. The van der Waals surface area contributed by atoms with E-state index in [9.17, 15) is 8.42 Å². The first-order valence-corrected chi connectivity index (χ1v) is 7.94. The number of ether oxygens (including phenoxy) is 1. The van der Waals surface area contributed by atoms with Crippen LogP contribution < -0.4 is 10.5 Å². The fraction of sp³-hybridized carbons (Fsp3) is 0.538. The first-order valence-electron chi connectivity index (χ1n) is 6.46. The molecule has 1 aliphatic heterocycles. The first-order chi connectivity index (χ1) is 9.03. The highest BCUT2D eigenvalue weighted by atomic mass is 32.2. The van der Waals surface area contributed by atoms with Crippen LogP contribution in [0.3, 0.4) is 0 Å². The highest BCUT2D eigenvalue weighted by Gasteiger charge is 2.26. The van der Waals surface area contributed by atoms with Crippen LogP contribution in [0.2, 0.25) is 0 Å². The average molecular weight is 284 g/mol. The number of nitrogens with one attached hydrogen (secondary N) is 1. The molecule has 2 unspecified atom stereocenters. The van der Waals surface area contributed by atoms with Crippen LogP contribution in [0.1, 0.15) is 25.3 Å². The molecule has 19 heavy (non-hydrogen) atoms. The zero-order valence-electron chi connectivity index (χ0n) is 11.0. The first kappa shape index (κ1) is 14.5. The topological polar surface area (TPSA) is 81.4 Å². The van der Waals surface area contributed by atoms with E-state index in [0.717, 1.165) is 18.4 Å². The summed E-state index contributed by atoms with van der Waals surface area (Å²) in [5.41, 5.74) is 6.40. The molecule has 0 radical (unpaired) electrons. The Kier molecular flexibility index (Phi) is 4.57. The normalized spacial score (nSPS) is 21.5. The van der Waals surface area contributed by atoms with E-state index in [-0.39, 0.29) is 17.0 Å². The van der Waals surface area contributed by atoms with E-state index in [2.05, 4.69) is 4.72 Å². The van der Waals surface area contributed by atoms with Crippen LogP contribution in [0.25, 0.3) is 0 Å². The predicted molar refractivity (Wildman–Crippen MR) is 73.1 cm³/mol. The van der Waals surface area contributed by atoms with Crippen molar-refractivity contribution in [3.63, 3.8) is 0 Å². The third kappa shape index (κ3) is 3.54. The van der Waals surface area contributed by atoms with E-state index in [0.29, 0.717) is 13.2 Å². The van der Waals surface area contributed by atoms with E-state index in [1.54, 1.807) is 24.3 Å². The molecule has 1 aliphatic rings. The number of hydrogen-bond acceptors (Lipinski definition) is 4. The summed E-state index contributed by atoms with van der Waals surface area (Å²) in [7, 11) is -3.49. The molecule has 0 aliphatic carbocycles. The molecular weight excluding hydrogens is 264 g/mol. The molecule has 1 saturated heterocycles. The van der Waals surface area contributed by atoms with Crippen LogP contribution in [0.4, 0.5) is 0 Å². The summed E-state index contributed by atoms with van der Waals surface area (Å²) >= 11 is 0. The SMILES string of the molecule is CC(NS(=O)(=O)c1ccc(CN)cc1)C1CCCO1. The third-order valence-corrected chi connectivity index (χ3v) is 4.91. The molecule has 106 valence electrons. The molecule has 1 fully saturated rings. The summed E-state index contributed by atoms with van der Waals surface area (Å²) < 4.78 is 32.6. The van der Waals surface area contributed by atoms with E-state index >= 15 is 0 Å². The monoisotopic (exact) mass is 284 g/mol. The van der Waals surface area contributed by atoms with E-state index in [4.69, 9.17) is 10.5 Å². The van der Waals surface area contributed by atoms with Crippen LogP contribution in [-0.2, 0) is 21.3 Å². The Hall–Kier alpha value is -0.950. The van der Waals surface area contributed by atoms with Gasteiger partial charge in [0.1, 0.15) is 0 Å². The van der Waals surface area contributed by atoms with Crippen LogP contribution in [0.5, 0.6) is 0 Å². The number of hydrogen-bond donors (Lipinski definition) is 2. The molecule has 2 atom stereocenters. The smallest absolute Gasteiger partial charge is 0.240 e. The highest BCUT2D eigenvalue weighted by Crippen LogP contribution is 2.18. The van der Waals surface area contributed by atoms with Gasteiger partial charge in [-0.05, 0) is 37.5 Å². The Morgan fingerprint density at radius 1 is 1.42 bits per heavy atom. The lowest BCUT2D eigenvalue weighted by molar-refractivity contribution is 0.0902. The molecule has 0 amide bonds. The molecule has 1 heterocycles. The Labute approximate surface area is 114 Å². The second-order valence-corrected chi connectivity index (χ2v) is 6.52. The average Bonchev–Trinajstić information content (AvgIpc) is 2.92. The molecule has 0 spiro atoms. The number of sulfonamides is 1. The summed E-state index contributed by atoms with van der Waals surface area (Å²) in [5.74, 6) is 0. The van der Waals surface area contributed by atoms with Crippen molar-refractivity contribution in [3.05, 3.63) is 29.8 Å². The number of nitrogens with two attached hydrogens (primary N) is 1. The summed E-state index contributed by atoms with van der Waals surface area (Å²) in [6.45, 7) is 2.95. The summed E-state index contributed by atoms with van der Waals surface area (Å²) in [6.07, 6.45) is 1.86. The van der Waals surface area contributed by atoms with Crippen LogP contribution in [0, 0.1) is 0 Å². The van der Waals surface area contributed by atoms with Gasteiger partial charge >= 0.3 is 0 Å². The van der Waals surface area contributed by atoms with Crippen molar-refractivity contribution in [1.29, 1.82) is 0 Å². The quantitative estimate of drug-likeness (QED) is 0.845. The summed E-state index contributed by atoms with van der Waals surface area (Å²) in [6, 6.07) is 6.39. The van der Waals surface area contributed by atoms with Crippen molar-refractivity contribution < 1.29 is 13.2 Å². The maximum absolute atomic E-state index is 12.2. The lowest BCUT2D eigenvalue weighted by atomic mass is 10.1. The van der Waals surface area contributed by atoms with Gasteiger partial charge in [-0.25, -0.2) is 13.1 Å². The van der Waals surface area contributed by atoms with Gasteiger partial charge < -0.3 is 10.5 Å². The van der Waals surface area contributed by atoms with Gasteiger partial charge in [0.05, 0.1) is 11.0 Å². The molecule has 0 bridgehead atoms. The Bertz CT molecular complexity index is 507. The summed E-state index contributed by atoms with van der Waals surface area (Å²) in [5, 5.41) is 0. The number of rotatable bonds is 5. The largest absolute Gasteiger partial charge is 0.377 e. The van der Waals surface area contributed by atoms with Gasteiger partial charge in [-0.15, -0.1) is 0 Å². The van der Waals surface area contributed by atoms with Crippen molar-refractivity contribution in [2.75, 3.05) is 6.61 Å². The van der Waals surface area contributed by atoms with Gasteiger partial charge in [-0.3, -0.25) is 0 Å². The minimum atomic E-state index is -3.49. The van der Waals surface area contributed by atoms with Gasteiger partial charge in [-0.2, -0.15) is 0 Å². The molecule has 5 nitrogen and oxygen atoms in total. The van der Waals surface area contributed by atoms with Gasteiger partial charge in [0, 0.05) is 19.2 Å². The fourth-order valence-electron chi connectivity index (χ4n) is 2.19. The Morgan fingerprint density at radius 3 is 2.63 bits per heavy atom. The van der Waals surface area contributed by atoms with Gasteiger partial charge in [0.25, 0.3) is 0 Å². The van der Waals surface area contributed by atoms with E-state index in [1.165, 1.54) is 0 Å². The molecule has 1 aromatic carbocycles. The van der Waals surface area contributed by atoms with Crippen LogP contribution in [0.15, 0.2) is 29.2 Å². The lowest BCUT2D eigenvalue weighted by Crippen LogP contribution is -2.40. The molecule has 0 aromatic heterocycles. The minimum absolute atomic E-state index is 0.0295. The second-order valence-electron chi connectivity index (χ2n) is 4.81. The van der Waals surface area contributed by atoms with Crippen LogP contribution in [-0.4, -0.2) is 27.2 Å². The fourth-order valence-corrected chi connectivity index (χ4v) is 3.46. The zero-order valence-corrected chi connectivity index (χ0v) is 11.8. The van der Waals surface area contributed by atoms with Crippen molar-refractivity contribution >= 4 is 10.0 Å². The maximum Gasteiger partial charge on any atom is 0.240 e. The highest BCUT2D eigenvalue weighted by molar-refractivity contribution is 7.89. The van der Waals surface area contributed by atoms with Gasteiger partial charge in [-0.1, -0.05) is 12.1 Å². The van der Waals surface area contributed by atoms with Crippen molar-refractivity contribution in [2.24, 2.45) is 5.73 Å².